The summed E-state index contributed by atoms with van der Waals surface area (Å²) in [7, 11) is 0. The largest absolute Gasteiger partial charge is 0.508 e. The Morgan fingerprint density at radius 3 is 2.44 bits per heavy atom. The van der Waals surface area contributed by atoms with Crippen molar-refractivity contribution < 1.29 is 14.7 Å². The zero-order valence-corrected chi connectivity index (χ0v) is 14.5. The molecule has 0 aliphatic carbocycles. The molecule has 1 aliphatic rings. The molecule has 1 saturated heterocycles. The highest BCUT2D eigenvalue weighted by Crippen LogP contribution is 2.31. The van der Waals surface area contributed by atoms with E-state index in [1.54, 1.807) is 36.6 Å². The van der Waals surface area contributed by atoms with Gasteiger partial charge in [-0.25, -0.2) is 0 Å². The van der Waals surface area contributed by atoms with E-state index in [2.05, 4.69) is 10.6 Å². The number of para-hydroxylation sites is 1. The van der Waals surface area contributed by atoms with E-state index in [-0.39, 0.29) is 29.7 Å². The highest BCUT2D eigenvalue weighted by molar-refractivity contribution is 8.00. The summed E-state index contributed by atoms with van der Waals surface area (Å²) in [5.41, 5.74) is 1.63. The zero-order valence-electron chi connectivity index (χ0n) is 13.7. The number of hydrogen-bond acceptors (Lipinski definition) is 4. The molecule has 0 spiro atoms. The first-order valence-electron chi connectivity index (χ1n) is 7.77. The number of benzene rings is 2. The molecule has 1 unspecified atom stereocenters. The maximum absolute atomic E-state index is 12.7. The number of phenolic OH excluding ortho intramolecular Hbond substituents is 1. The summed E-state index contributed by atoms with van der Waals surface area (Å²) in [6.45, 7) is 0. The van der Waals surface area contributed by atoms with E-state index in [9.17, 15) is 14.7 Å². The van der Waals surface area contributed by atoms with Crippen molar-refractivity contribution in [3.8, 4) is 5.75 Å². The minimum Gasteiger partial charge on any atom is -0.508 e. The quantitative estimate of drug-likeness (QED) is 0.736. The molecule has 0 radical (unpaired) electrons. The van der Waals surface area contributed by atoms with Crippen molar-refractivity contribution in [2.45, 2.75) is 11.3 Å². The van der Waals surface area contributed by atoms with E-state index in [1.165, 1.54) is 11.8 Å². The van der Waals surface area contributed by atoms with Gasteiger partial charge in [0, 0.05) is 6.42 Å². The van der Waals surface area contributed by atoms with Crippen LogP contribution in [-0.4, -0.2) is 28.0 Å². The summed E-state index contributed by atoms with van der Waals surface area (Å²) < 4.78 is 0. The van der Waals surface area contributed by atoms with Crippen molar-refractivity contribution >= 4 is 29.7 Å². The number of aromatic hydroxyl groups is 1. The summed E-state index contributed by atoms with van der Waals surface area (Å²) in [6.07, 6.45) is 3.58. The van der Waals surface area contributed by atoms with Gasteiger partial charge >= 0.3 is 0 Å². The molecule has 3 N–H and O–H groups in total. The molecule has 25 heavy (non-hydrogen) atoms. The molecule has 0 aromatic heterocycles. The monoisotopic (exact) mass is 354 g/mol. The maximum atomic E-state index is 12.7. The van der Waals surface area contributed by atoms with Gasteiger partial charge in [0.1, 0.15) is 11.4 Å². The first-order chi connectivity index (χ1) is 12.0. The molecular formula is C19H18N2O3S. The topological polar surface area (TPSA) is 78.4 Å². The summed E-state index contributed by atoms with van der Waals surface area (Å²) in [5, 5.41) is 15.5. The van der Waals surface area contributed by atoms with Crippen molar-refractivity contribution in [1.82, 2.24) is 10.6 Å². The van der Waals surface area contributed by atoms with E-state index in [1.807, 2.05) is 30.3 Å². The van der Waals surface area contributed by atoms with Crippen LogP contribution in [0.3, 0.4) is 0 Å². The molecule has 1 atom stereocenters. The van der Waals surface area contributed by atoms with Gasteiger partial charge in [-0.1, -0.05) is 48.5 Å². The fourth-order valence-electron chi connectivity index (χ4n) is 2.67. The molecule has 2 aromatic carbocycles. The van der Waals surface area contributed by atoms with E-state index in [0.717, 1.165) is 5.56 Å². The van der Waals surface area contributed by atoms with Crippen molar-refractivity contribution in [1.29, 1.82) is 0 Å². The second-order valence-corrected chi connectivity index (χ2v) is 6.82. The van der Waals surface area contributed by atoms with Gasteiger partial charge in [-0.2, -0.15) is 0 Å². The molecule has 0 bridgehead atoms. The number of rotatable bonds is 4. The smallest absolute Gasteiger partial charge is 0.269 e. The summed E-state index contributed by atoms with van der Waals surface area (Å²) in [5.74, 6) is -0.568. The second kappa shape index (κ2) is 7.03. The summed E-state index contributed by atoms with van der Waals surface area (Å²) in [6, 6.07) is 16.1. The lowest BCUT2D eigenvalue weighted by molar-refractivity contribution is -0.132. The number of piperazine rings is 1. The Labute approximate surface area is 150 Å². The first-order valence-corrected chi connectivity index (χ1v) is 8.99. The number of carbonyl (C=O) groups is 2. The van der Waals surface area contributed by atoms with Gasteiger partial charge in [-0.15, -0.1) is 11.8 Å². The van der Waals surface area contributed by atoms with Crippen LogP contribution in [0, 0.1) is 0 Å². The average Bonchev–Trinajstić information content (AvgIpc) is 2.62. The average molecular weight is 354 g/mol. The third-order valence-corrected chi connectivity index (χ3v) is 5.19. The number of phenols is 1. The Kier molecular flexibility index (Phi) is 4.81. The lowest BCUT2D eigenvalue weighted by atomic mass is 10.0. The van der Waals surface area contributed by atoms with Gasteiger partial charge in [0.15, 0.2) is 4.87 Å². The second-order valence-electron chi connectivity index (χ2n) is 5.71. The summed E-state index contributed by atoms with van der Waals surface area (Å²) >= 11 is 1.23. The third kappa shape index (κ3) is 3.53. The summed E-state index contributed by atoms with van der Waals surface area (Å²) in [4.78, 5) is 24.1. The molecule has 0 saturated carbocycles. The maximum Gasteiger partial charge on any atom is 0.269 e. The highest BCUT2D eigenvalue weighted by atomic mass is 32.2. The SMILES string of the molecule is CSC1(Cc2ccccc2O)NC(=O)C(=Cc2ccccc2)NC1=O. The van der Waals surface area contributed by atoms with Crippen LogP contribution in [0.5, 0.6) is 5.75 Å². The number of hydrogen-bond donors (Lipinski definition) is 3. The van der Waals surface area contributed by atoms with E-state index >= 15 is 0 Å². The molecule has 5 nitrogen and oxygen atoms in total. The highest BCUT2D eigenvalue weighted by Gasteiger charge is 2.44. The van der Waals surface area contributed by atoms with Crippen LogP contribution in [0.4, 0.5) is 0 Å². The Morgan fingerprint density at radius 1 is 1.08 bits per heavy atom. The van der Waals surface area contributed by atoms with E-state index < -0.39 is 4.87 Å². The van der Waals surface area contributed by atoms with Gasteiger partial charge in [-0.05, 0) is 29.5 Å². The van der Waals surface area contributed by atoms with Gasteiger partial charge in [0.25, 0.3) is 11.8 Å². The van der Waals surface area contributed by atoms with Crippen molar-refractivity contribution in [3.63, 3.8) is 0 Å². The fourth-order valence-corrected chi connectivity index (χ4v) is 3.41. The van der Waals surface area contributed by atoms with Crippen molar-refractivity contribution in [2.75, 3.05) is 6.26 Å². The van der Waals surface area contributed by atoms with Crippen molar-refractivity contribution in [2.24, 2.45) is 0 Å². The lowest BCUT2D eigenvalue weighted by Crippen LogP contribution is -2.63. The molecule has 1 heterocycles. The Balaban J connectivity index is 1.87. The molecule has 1 aliphatic heterocycles. The number of nitrogens with one attached hydrogen (secondary N) is 2. The molecule has 1 fully saturated rings. The molecular weight excluding hydrogens is 336 g/mol. The molecule has 128 valence electrons. The third-order valence-electron chi connectivity index (χ3n) is 4.07. The van der Waals surface area contributed by atoms with Gasteiger partial charge in [0.2, 0.25) is 0 Å². The van der Waals surface area contributed by atoms with Crippen molar-refractivity contribution in [3.05, 3.63) is 71.4 Å². The minimum atomic E-state index is -1.16. The van der Waals surface area contributed by atoms with Gasteiger partial charge in [-0.3, -0.25) is 9.59 Å². The van der Waals surface area contributed by atoms with Crippen LogP contribution in [-0.2, 0) is 16.0 Å². The standard InChI is InChI=1S/C19H18N2O3S/c1-25-19(12-14-9-5-6-10-16(14)22)18(24)20-15(17(23)21-19)11-13-7-3-2-4-8-13/h2-11,22H,12H2,1H3,(H,20,24)(H,21,23). The van der Waals surface area contributed by atoms with Crippen LogP contribution in [0.1, 0.15) is 11.1 Å². The first kappa shape index (κ1) is 17.1. The molecule has 6 heteroatoms. The Bertz CT molecular complexity index is 836. The number of carbonyl (C=O) groups excluding carboxylic acids is 2. The minimum absolute atomic E-state index is 0.101. The normalized spacial score (nSPS) is 21.7. The lowest BCUT2D eigenvalue weighted by Gasteiger charge is -2.36. The molecule has 2 aromatic rings. The van der Waals surface area contributed by atoms with Crippen LogP contribution < -0.4 is 10.6 Å². The number of amides is 2. The molecule has 2 amide bonds. The molecule has 3 rings (SSSR count). The fraction of sp³-hybridized carbons (Fsp3) is 0.158. The van der Waals surface area contributed by atoms with Crippen LogP contribution >= 0.6 is 11.8 Å². The van der Waals surface area contributed by atoms with Crippen LogP contribution in [0.25, 0.3) is 6.08 Å². The van der Waals surface area contributed by atoms with Gasteiger partial charge in [0.05, 0.1) is 0 Å². The number of thioether (sulfide) groups is 1. The Hall–Kier alpha value is -2.73. The Morgan fingerprint density at radius 2 is 1.76 bits per heavy atom. The van der Waals surface area contributed by atoms with Crippen LogP contribution in [0.15, 0.2) is 60.3 Å². The zero-order chi connectivity index (χ0) is 17.9. The van der Waals surface area contributed by atoms with E-state index in [0.29, 0.717) is 5.56 Å². The predicted octanol–water partition coefficient (Wildman–Crippen LogP) is 2.28. The van der Waals surface area contributed by atoms with Gasteiger partial charge < -0.3 is 15.7 Å². The van der Waals surface area contributed by atoms with E-state index in [4.69, 9.17) is 0 Å². The van der Waals surface area contributed by atoms with Crippen LogP contribution in [0.2, 0.25) is 0 Å². The predicted molar refractivity (Wildman–Crippen MR) is 98.8 cm³/mol.